The molecule has 2 aliphatic heterocycles. The molecule has 0 saturated carbocycles. The maximum absolute atomic E-state index is 5.85. The van der Waals surface area contributed by atoms with Crippen LogP contribution in [0.4, 0.5) is 5.82 Å². The van der Waals surface area contributed by atoms with Gasteiger partial charge in [-0.25, -0.2) is 9.97 Å². The Kier molecular flexibility index (Phi) is 3.91. The summed E-state index contributed by atoms with van der Waals surface area (Å²) in [5, 5.41) is 3.20. The van der Waals surface area contributed by atoms with Crippen LogP contribution in [0.25, 0.3) is 0 Å². The summed E-state index contributed by atoms with van der Waals surface area (Å²) in [5.41, 5.74) is 2.44. The first-order chi connectivity index (χ1) is 9.31. The van der Waals surface area contributed by atoms with E-state index in [4.69, 9.17) is 9.72 Å². The lowest BCUT2D eigenvalue weighted by Crippen LogP contribution is -2.38. The first-order valence-corrected chi connectivity index (χ1v) is 7.96. The molecule has 2 aliphatic rings. The summed E-state index contributed by atoms with van der Waals surface area (Å²) in [6.45, 7) is 5.90. The molecule has 0 radical (unpaired) electrons. The van der Waals surface area contributed by atoms with Crippen molar-refractivity contribution < 1.29 is 4.74 Å². The number of nitrogens with one attached hydrogen (secondary N) is 1. The number of hydrogen-bond acceptors (Lipinski definition) is 6. The smallest absolute Gasteiger partial charge is 0.161 e. The number of rotatable bonds is 3. The summed E-state index contributed by atoms with van der Waals surface area (Å²) in [6, 6.07) is 0. The number of aromatic nitrogens is 2. The van der Waals surface area contributed by atoms with Crippen molar-refractivity contribution in [3.05, 3.63) is 17.1 Å². The molecule has 104 valence electrons. The normalized spacial score (nSPS) is 23.4. The van der Waals surface area contributed by atoms with Gasteiger partial charge in [-0.15, -0.1) is 0 Å². The van der Waals surface area contributed by atoms with E-state index in [2.05, 4.69) is 22.1 Å². The van der Waals surface area contributed by atoms with Crippen LogP contribution in [0.1, 0.15) is 30.1 Å². The summed E-state index contributed by atoms with van der Waals surface area (Å²) in [6.07, 6.45) is 0.0108. The fraction of sp³-hybridized carbons (Fsp3) is 0.692. The van der Waals surface area contributed by atoms with Crippen LogP contribution in [-0.4, -0.2) is 48.2 Å². The molecule has 1 aromatic rings. The second-order valence-electron chi connectivity index (χ2n) is 4.85. The highest BCUT2D eigenvalue weighted by Crippen LogP contribution is 2.34. The third-order valence-corrected chi connectivity index (χ3v) is 4.69. The first kappa shape index (κ1) is 13.1. The van der Waals surface area contributed by atoms with E-state index in [9.17, 15) is 0 Å². The average molecular weight is 280 g/mol. The van der Waals surface area contributed by atoms with Gasteiger partial charge < -0.3 is 10.1 Å². The van der Waals surface area contributed by atoms with Crippen LogP contribution in [-0.2, 0) is 16.2 Å². The number of fused-ring (bicyclic) bond motifs is 1. The standard InChI is InChI=1S/C13H20N4OS/c1-3-17-4-5-18-11(6-17)13-15-10-8-19-7-9(10)12(14-2)16-13/h11H,3-8H2,1-2H3,(H,14,15,16). The van der Waals surface area contributed by atoms with E-state index in [-0.39, 0.29) is 6.10 Å². The zero-order valence-corrected chi connectivity index (χ0v) is 12.3. The van der Waals surface area contributed by atoms with Gasteiger partial charge in [0.15, 0.2) is 5.82 Å². The topological polar surface area (TPSA) is 50.3 Å². The molecule has 3 rings (SSSR count). The lowest BCUT2D eigenvalue weighted by Gasteiger charge is -2.31. The zero-order valence-electron chi connectivity index (χ0n) is 11.5. The van der Waals surface area contributed by atoms with Crippen LogP contribution in [0.5, 0.6) is 0 Å². The highest BCUT2D eigenvalue weighted by Gasteiger charge is 2.27. The van der Waals surface area contributed by atoms with Gasteiger partial charge in [0, 0.05) is 37.2 Å². The van der Waals surface area contributed by atoms with Gasteiger partial charge in [-0.3, -0.25) is 4.90 Å². The highest BCUT2D eigenvalue weighted by atomic mass is 32.2. The molecule has 3 heterocycles. The van der Waals surface area contributed by atoms with Crippen molar-refractivity contribution >= 4 is 17.6 Å². The van der Waals surface area contributed by atoms with Gasteiger partial charge in [-0.1, -0.05) is 6.92 Å². The van der Waals surface area contributed by atoms with Crippen LogP contribution in [0, 0.1) is 0 Å². The van der Waals surface area contributed by atoms with Crippen LogP contribution in [0.2, 0.25) is 0 Å². The van der Waals surface area contributed by atoms with Crippen LogP contribution < -0.4 is 5.32 Å². The van der Waals surface area contributed by atoms with Crippen LogP contribution in [0.15, 0.2) is 0 Å². The van der Waals surface area contributed by atoms with Gasteiger partial charge in [0.1, 0.15) is 11.9 Å². The number of hydrogen-bond donors (Lipinski definition) is 1. The molecule has 0 amide bonds. The number of ether oxygens (including phenoxy) is 1. The Hall–Kier alpha value is -0.850. The van der Waals surface area contributed by atoms with Gasteiger partial charge in [0.05, 0.1) is 12.3 Å². The molecule has 0 bridgehead atoms. The Balaban J connectivity index is 1.88. The van der Waals surface area contributed by atoms with Crippen LogP contribution >= 0.6 is 11.8 Å². The minimum atomic E-state index is 0.0108. The number of likely N-dealkylation sites (N-methyl/N-ethyl adjacent to an activating group) is 1. The van der Waals surface area contributed by atoms with Gasteiger partial charge in [0.25, 0.3) is 0 Å². The molecular formula is C13H20N4OS. The Bertz CT molecular complexity index is 468. The monoisotopic (exact) mass is 280 g/mol. The maximum Gasteiger partial charge on any atom is 0.161 e. The van der Waals surface area contributed by atoms with E-state index >= 15 is 0 Å². The molecule has 1 N–H and O–H groups in total. The molecule has 19 heavy (non-hydrogen) atoms. The molecule has 0 aromatic carbocycles. The van der Waals surface area contributed by atoms with Crippen molar-refractivity contribution in [1.29, 1.82) is 0 Å². The Morgan fingerprint density at radius 2 is 2.32 bits per heavy atom. The number of morpholine rings is 1. The van der Waals surface area contributed by atoms with E-state index in [1.165, 1.54) is 11.3 Å². The Morgan fingerprint density at radius 3 is 3.11 bits per heavy atom. The lowest BCUT2D eigenvalue weighted by atomic mass is 10.2. The highest BCUT2D eigenvalue weighted by molar-refractivity contribution is 7.98. The third-order valence-electron chi connectivity index (χ3n) is 3.72. The molecular weight excluding hydrogens is 260 g/mol. The number of thioether (sulfide) groups is 1. The largest absolute Gasteiger partial charge is 0.373 e. The molecule has 1 unspecified atom stereocenters. The zero-order chi connectivity index (χ0) is 13.2. The van der Waals surface area contributed by atoms with Crippen molar-refractivity contribution in [2.24, 2.45) is 0 Å². The molecule has 0 spiro atoms. The van der Waals surface area contributed by atoms with Crippen molar-refractivity contribution in [3.8, 4) is 0 Å². The molecule has 0 aliphatic carbocycles. The molecule has 1 fully saturated rings. The van der Waals surface area contributed by atoms with E-state index in [0.717, 1.165) is 49.4 Å². The summed E-state index contributed by atoms with van der Waals surface area (Å²) >= 11 is 1.90. The van der Waals surface area contributed by atoms with E-state index in [1.807, 2.05) is 18.8 Å². The van der Waals surface area contributed by atoms with Crippen molar-refractivity contribution in [1.82, 2.24) is 14.9 Å². The predicted molar refractivity (Wildman–Crippen MR) is 77.4 cm³/mol. The fourth-order valence-electron chi connectivity index (χ4n) is 2.57. The summed E-state index contributed by atoms with van der Waals surface area (Å²) < 4.78 is 5.85. The minimum absolute atomic E-state index is 0.0108. The molecule has 1 saturated heterocycles. The van der Waals surface area contributed by atoms with Gasteiger partial charge in [-0.05, 0) is 6.54 Å². The molecule has 6 heteroatoms. The van der Waals surface area contributed by atoms with Crippen LogP contribution in [0.3, 0.4) is 0 Å². The molecule has 5 nitrogen and oxygen atoms in total. The maximum atomic E-state index is 5.85. The SMILES string of the molecule is CCN1CCOC(c2nc3c(c(NC)n2)CSC3)C1. The first-order valence-electron chi connectivity index (χ1n) is 6.81. The van der Waals surface area contributed by atoms with E-state index in [0.29, 0.717) is 0 Å². The van der Waals surface area contributed by atoms with E-state index < -0.39 is 0 Å². The van der Waals surface area contributed by atoms with Crippen molar-refractivity contribution in [2.45, 2.75) is 24.5 Å². The second-order valence-corrected chi connectivity index (χ2v) is 5.84. The summed E-state index contributed by atoms with van der Waals surface area (Å²) in [7, 11) is 1.93. The number of anilines is 1. The fourth-order valence-corrected chi connectivity index (χ4v) is 3.61. The van der Waals surface area contributed by atoms with Gasteiger partial charge in [0.2, 0.25) is 0 Å². The Labute approximate surface area is 118 Å². The third kappa shape index (κ3) is 2.57. The number of nitrogens with zero attached hydrogens (tertiary/aromatic N) is 3. The van der Waals surface area contributed by atoms with Crippen molar-refractivity contribution in [3.63, 3.8) is 0 Å². The quantitative estimate of drug-likeness (QED) is 0.909. The van der Waals surface area contributed by atoms with Crippen molar-refractivity contribution in [2.75, 3.05) is 38.6 Å². The predicted octanol–water partition coefficient (Wildman–Crippen LogP) is 1.66. The van der Waals surface area contributed by atoms with E-state index in [1.54, 1.807) is 0 Å². The van der Waals surface area contributed by atoms with Gasteiger partial charge >= 0.3 is 0 Å². The summed E-state index contributed by atoms with van der Waals surface area (Å²) in [5.74, 6) is 3.81. The lowest BCUT2D eigenvalue weighted by molar-refractivity contribution is -0.0325. The molecule has 1 aromatic heterocycles. The summed E-state index contributed by atoms with van der Waals surface area (Å²) in [4.78, 5) is 11.8. The average Bonchev–Trinajstić information content (AvgIpc) is 2.94. The minimum Gasteiger partial charge on any atom is -0.373 e. The van der Waals surface area contributed by atoms with Gasteiger partial charge in [-0.2, -0.15) is 11.8 Å². The Morgan fingerprint density at radius 1 is 1.42 bits per heavy atom. The molecule has 1 atom stereocenters. The second kappa shape index (κ2) is 5.64.